The molecule has 0 radical (unpaired) electrons. The average Bonchev–Trinajstić information content (AvgIpc) is 2.44. The van der Waals surface area contributed by atoms with Crippen LogP contribution in [0, 0.1) is 5.92 Å². The zero-order valence-electron chi connectivity index (χ0n) is 13.6. The minimum atomic E-state index is -0.719. The Morgan fingerprint density at radius 2 is 1.90 bits per heavy atom. The molecule has 0 bridgehead atoms. The second-order valence-electron chi connectivity index (χ2n) is 6.57. The molecule has 0 aromatic heterocycles. The highest BCUT2D eigenvalue weighted by molar-refractivity contribution is 5.80. The molecule has 3 heteroatoms. The molecule has 1 atom stereocenters. The number of carbonyl (C=O) groups excluding carboxylic acids is 1. The highest BCUT2D eigenvalue weighted by Crippen LogP contribution is 2.33. The molecule has 0 aromatic rings. The fourth-order valence-corrected chi connectivity index (χ4v) is 3.02. The van der Waals surface area contributed by atoms with E-state index in [4.69, 9.17) is 10.5 Å². The lowest BCUT2D eigenvalue weighted by Gasteiger charge is -2.35. The maximum Gasteiger partial charge on any atom is 0.326 e. The molecule has 1 rings (SSSR count). The van der Waals surface area contributed by atoms with E-state index >= 15 is 0 Å². The smallest absolute Gasteiger partial charge is 0.326 e. The van der Waals surface area contributed by atoms with Crippen LogP contribution in [0.3, 0.4) is 0 Å². The van der Waals surface area contributed by atoms with Crippen LogP contribution in [-0.4, -0.2) is 17.6 Å². The monoisotopic (exact) mass is 283 g/mol. The molecule has 20 heavy (non-hydrogen) atoms. The van der Waals surface area contributed by atoms with Gasteiger partial charge in [-0.25, -0.2) is 0 Å². The van der Waals surface area contributed by atoms with Crippen LogP contribution < -0.4 is 5.73 Å². The van der Waals surface area contributed by atoms with Gasteiger partial charge in [-0.3, -0.25) is 4.79 Å². The number of carbonyl (C=O) groups is 1. The van der Waals surface area contributed by atoms with Crippen molar-refractivity contribution in [2.75, 3.05) is 0 Å². The summed E-state index contributed by atoms with van der Waals surface area (Å²) in [5.74, 6) is 0.570. The van der Waals surface area contributed by atoms with Crippen molar-refractivity contribution in [3.63, 3.8) is 0 Å². The third-order valence-corrected chi connectivity index (χ3v) is 4.75. The summed E-state index contributed by atoms with van der Waals surface area (Å²) in [6, 6.07) is 0. The largest absolute Gasteiger partial charge is 0.461 e. The highest BCUT2D eigenvalue weighted by atomic mass is 16.5. The first-order valence-electron chi connectivity index (χ1n) is 8.51. The summed E-state index contributed by atoms with van der Waals surface area (Å²) in [4.78, 5) is 12.3. The van der Waals surface area contributed by atoms with Gasteiger partial charge in [0.2, 0.25) is 0 Å². The van der Waals surface area contributed by atoms with E-state index in [1.165, 1.54) is 25.7 Å². The molecule has 0 aliphatic heterocycles. The van der Waals surface area contributed by atoms with Crippen LogP contribution in [0.15, 0.2) is 0 Å². The highest BCUT2D eigenvalue weighted by Gasteiger charge is 2.39. The van der Waals surface area contributed by atoms with Crippen LogP contribution in [0.1, 0.15) is 85.0 Å². The zero-order chi connectivity index (χ0) is 15.0. The van der Waals surface area contributed by atoms with Crippen molar-refractivity contribution < 1.29 is 9.53 Å². The topological polar surface area (TPSA) is 52.3 Å². The van der Waals surface area contributed by atoms with Crippen LogP contribution in [0.25, 0.3) is 0 Å². The van der Waals surface area contributed by atoms with E-state index in [0.29, 0.717) is 0 Å². The Hall–Kier alpha value is -0.570. The molecule has 1 unspecified atom stereocenters. The second kappa shape index (κ2) is 8.66. The molecule has 1 saturated carbocycles. The van der Waals surface area contributed by atoms with E-state index < -0.39 is 5.54 Å². The van der Waals surface area contributed by atoms with Crippen molar-refractivity contribution in [2.24, 2.45) is 11.7 Å². The third kappa shape index (κ3) is 5.43. The predicted molar refractivity (Wildman–Crippen MR) is 83.5 cm³/mol. The lowest BCUT2D eigenvalue weighted by Crippen LogP contribution is -2.52. The Morgan fingerprint density at radius 3 is 2.45 bits per heavy atom. The molecule has 1 fully saturated rings. The first kappa shape index (κ1) is 17.5. The first-order valence-corrected chi connectivity index (χ1v) is 8.51. The van der Waals surface area contributed by atoms with E-state index in [2.05, 4.69) is 13.8 Å². The molecule has 0 spiro atoms. The van der Waals surface area contributed by atoms with Gasteiger partial charge in [0.15, 0.2) is 0 Å². The van der Waals surface area contributed by atoms with Crippen LogP contribution in [0.4, 0.5) is 0 Å². The van der Waals surface area contributed by atoms with Gasteiger partial charge < -0.3 is 10.5 Å². The van der Waals surface area contributed by atoms with Crippen molar-refractivity contribution >= 4 is 5.97 Å². The normalized spacial score (nSPS) is 28.1. The Bertz CT molecular complexity index is 283. The first-order chi connectivity index (χ1) is 9.51. The van der Waals surface area contributed by atoms with Gasteiger partial charge in [0.1, 0.15) is 5.54 Å². The van der Waals surface area contributed by atoms with Crippen LogP contribution >= 0.6 is 0 Å². The number of hydrogen-bond donors (Lipinski definition) is 1. The van der Waals surface area contributed by atoms with E-state index in [1.807, 2.05) is 6.92 Å². The molecule has 0 saturated heterocycles. The number of hydrogen-bond acceptors (Lipinski definition) is 3. The van der Waals surface area contributed by atoms with Gasteiger partial charge in [0.05, 0.1) is 6.10 Å². The van der Waals surface area contributed by atoms with Gasteiger partial charge >= 0.3 is 5.97 Å². The summed E-state index contributed by atoms with van der Waals surface area (Å²) < 4.78 is 5.58. The van der Waals surface area contributed by atoms with Gasteiger partial charge in [-0.1, -0.05) is 39.5 Å². The van der Waals surface area contributed by atoms with E-state index in [0.717, 1.165) is 44.4 Å². The van der Waals surface area contributed by atoms with Crippen molar-refractivity contribution in [1.82, 2.24) is 0 Å². The predicted octanol–water partition coefficient (Wildman–Crippen LogP) is 4.19. The Morgan fingerprint density at radius 1 is 1.25 bits per heavy atom. The van der Waals surface area contributed by atoms with E-state index in [1.54, 1.807) is 0 Å². The maximum atomic E-state index is 12.3. The fourth-order valence-electron chi connectivity index (χ4n) is 3.02. The number of nitrogens with two attached hydrogens (primary N) is 1. The summed E-state index contributed by atoms with van der Waals surface area (Å²) in [6.45, 7) is 6.41. The molecular weight excluding hydrogens is 250 g/mol. The minimum absolute atomic E-state index is 0.00341. The lowest BCUT2D eigenvalue weighted by atomic mass is 9.76. The number of ether oxygens (including phenoxy) is 1. The van der Waals surface area contributed by atoms with Gasteiger partial charge in [-0.15, -0.1) is 0 Å². The molecular formula is C17H33NO2. The second-order valence-corrected chi connectivity index (χ2v) is 6.57. The molecule has 0 aromatic carbocycles. The summed E-state index contributed by atoms with van der Waals surface area (Å²) in [6.07, 6.45) is 10.7. The molecule has 1 aliphatic carbocycles. The minimum Gasteiger partial charge on any atom is -0.461 e. The Kier molecular flexibility index (Phi) is 7.57. The van der Waals surface area contributed by atoms with Crippen LogP contribution in [0.5, 0.6) is 0 Å². The number of rotatable bonds is 8. The molecule has 1 aliphatic rings. The van der Waals surface area contributed by atoms with Gasteiger partial charge in [-0.05, 0) is 51.4 Å². The van der Waals surface area contributed by atoms with Gasteiger partial charge in [-0.2, -0.15) is 0 Å². The molecule has 0 amide bonds. The van der Waals surface area contributed by atoms with Crippen molar-refractivity contribution in [1.29, 1.82) is 0 Å². The molecule has 0 heterocycles. The van der Waals surface area contributed by atoms with E-state index in [9.17, 15) is 4.79 Å². The number of esters is 1. The maximum absolute atomic E-state index is 12.3. The number of unbranched alkanes of at least 4 members (excludes halogenated alkanes) is 3. The lowest BCUT2D eigenvalue weighted by molar-refractivity contribution is -0.157. The van der Waals surface area contributed by atoms with Crippen LogP contribution in [-0.2, 0) is 9.53 Å². The van der Waals surface area contributed by atoms with Crippen molar-refractivity contribution in [3.05, 3.63) is 0 Å². The summed E-state index contributed by atoms with van der Waals surface area (Å²) in [7, 11) is 0. The summed E-state index contributed by atoms with van der Waals surface area (Å²) in [5, 5.41) is 0. The van der Waals surface area contributed by atoms with Gasteiger partial charge in [0, 0.05) is 0 Å². The summed E-state index contributed by atoms with van der Waals surface area (Å²) >= 11 is 0. The third-order valence-electron chi connectivity index (χ3n) is 4.75. The quantitative estimate of drug-likeness (QED) is 0.537. The summed E-state index contributed by atoms with van der Waals surface area (Å²) in [5.41, 5.74) is 5.55. The standard InChI is InChI=1S/C17H33NO2/c1-4-6-7-8-9-14(3)20-16(19)17(18)12-10-15(5-2)11-13-17/h14-15H,4-13,18H2,1-3H3. The fraction of sp³-hybridized carbons (Fsp3) is 0.941. The van der Waals surface area contributed by atoms with Crippen molar-refractivity contribution in [2.45, 2.75) is 96.6 Å². The SMILES string of the molecule is CCCCCCC(C)OC(=O)C1(N)CCC(CC)CC1. The Labute approximate surface area is 124 Å². The van der Waals surface area contributed by atoms with Crippen molar-refractivity contribution in [3.8, 4) is 0 Å². The average molecular weight is 283 g/mol. The van der Waals surface area contributed by atoms with E-state index in [-0.39, 0.29) is 12.1 Å². The van der Waals surface area contributed by atoms with Gasteiger partial charge in [0.25, 0.3) is 0 Å². The Balaban J connectivity index is 2.30. The van der Waals surface area contributed by atoms with Crippen LogP contribution in [0.2, 0.25) is 0 Å². The zero-order valence-corrected chi connectivity index (χ0v) is 13.6. The molecule has 118 valence electrons. The molecule has 2 N–H and O–H groups in total. The molecule has 3 nitrogen and oxygen atoms in total.